The number of methoxy groups -OCH3 is 3. The van der Waals surface area contributed by atoms with Crippen LogP contribution in [-0.4, -0.2) is 66.1 Å². The van der Waals surface area contributed by atoms with Crippen LogP contribution < -0.4 is 20.1 Å². The maximum Gasteiger partial charge on any atom is 0.222 e. The average Bonchev–Trinajstić information content (AvgIpc) is 2.86. The fourth-order valence-electron chi connectivity index (χ4n) is 3.65. The summed E-state index contributed by atoms with van der Waals surface area (Å²) >= 11 is 0. The zero-order valence-corrected chi connectivity index (χ0v) is 23.4. The van der Waals surface area contributed by atoms with E-state index in [0.717, 1.165) is 56.4 Å². The van der Waals surface area contributed by atoms with Gasteiger partial charge in [-0.25, -0.2) is 0 Å². The molecule has 0 fully saturated rings. The Kier molecular flexibility index (Phi) is 20.9. The highest BCUT2D eigenvalue weighted by atomic mass is 35.5. The van der Waals surface area contributed by atoms with E-state index in [1.54, 1.807) is 21.3 Å². The Hall–Kier alpha value is -2.03. The Morgan fingerprint density at radius 1 is 0.833 bits per heavy atom. The minimum absolute atomic E-state index is 0. The molecule has 0 bridgehead atoms. The Bertz CT molecular complexity index is 720. The predicted molar refractivity (Wildman–Crippen MR) is 145 cm³/mol. The van der Waals surface area contributed by atoms with E-state index in [0.29, 0.717) is 45.8 Å². The predicted octanol–water partition coefficient (Wildman–Crippen LogP) is 4.32. The maximum atomic E-state index is 12.2. The van der Waals surface area contributed by atoms with Crippen LogP contribution in [0, 0.1) is 5.92 Å². The van der Waals surface area contributed by atoms with Crippen molar-refractivity contribution in [3.8, 4) is 11.5 Å². The lowest BCUT2D eigenvalue weighted by Gasteiger charge is -2.13. The molecule has 8 nitrogen and oxygen atoms in total. The number of carbonyl (C=O) groups excluding carboxylic acids is 2. The number of aryl methyl sites for hydroxylation is 1. The highest BCUT2D eigenvalue weighted by Crippen LogP contribution is 2.29. The standard InChI is InChI=1S/C27H46N2O6.ClH/c1-22(27(31)29-16-9-13-26(30)28-17-20-33-3)11-7-5-6-8-12-23-14-15-24(34-4)25(21-23)35-19-10-18-32-2;/h14-15,21-22H,5-13,16-20H2,1-4H3,(H,28,30)(H,29,31);1H/t22-;/m1./s1. The third kappa shape index (κ3) is 15.9. The molecule has 0 saturated carbocycles. The molecule has 36 heavy (non-hydrogen) atoms. The molecular weight excluding hydrogens is 484 g/mol. The first kappa shape index (κ1) is 34.0. The molecule has 0 unspecified atom stereocenters. The summed E-state index contributed by atoms with van der Waals surface area (Å²) in [6, 6.07) is 6.13. The van der Waals surface area contributed by atoms with Crippen LogP contribution in [0.1, 0.15) is 63.9 Å². The van der Waals surface area contributed by atoms with Crippen molar-refractivity contribution in [3.63, 3.8) is 0 Å². The second-order valence-corrected chi connectivity index (χ2v) is 8.77. The van der Waals surface area contributed by atoms with Crippen molar-refractivity contribution in [3.05, 3.63) is 23.8 Å². The molecule has 0 aliphatic carbocycles. The largest absolute Gasteiger partial charge is 0.493 e. The Morgan fingerprint density at radius 2 is 1.58 bits per heavy atom. The summed E-state index contributed by atoms with van der Waals surface area (Å²) in [5.74, 6) is 1.59. The van der Waals surface area contributed by atoms with Crippen LogP contribution in [-0.2, 0) is 25.5 Å². The zero-order chi connectivity index (χ0) is 25.7. The number of ether oxygens (including phenoxy) is 4. The van der Waals surface area contributed by atoms with Gasteiger partial charge >= 0.3 is 0 Å². The first-order valence-corrected chi connectivity index (χ1v) is 12.8. The molecule has 9 heteroatoms. The number of carbonyl (C=O) groups is 2. The third-order valence-electron chi connectivity index (χ3n) is 5.79. The Morgan fingerprint density at radius 3 is 2.31 bits per heavy atom. The normalized spacial score (nSPS) is 11.3. The second kappa shape index (κ2) is 22.2. The van der Waals surface area contributed by atoms with Gasteiger partial charge in [-0.15, -0.1) is 12.4 Å². The molecule has 0 radical (unpaired) electrons. The van der Waals surface area contributed by atoms with Gasteiger partial charge in [-0.05, 0) is 43.4 Å². The number of hydrogen-bond donors (Lipinski definition) is 2. The quantitative estimate of drug-likeness (QED) is 0.230. The fourth-order valence-corrected chi connectivity index (χ4v) is 3.65. The summed E-state index contributed by atoms with van der Waals surface area (Å²) in [6.07, 6.45) is 8.13. The van der Waals surface area contributed by atoms with Crippen LogP contribution >= 0.6 is 12.4 Å². The highest BCUT2D eigenvalue weighted by molar-refractivity contribution is 5.85. The van der Waals surface area contributed by atoms with Crippen molar-refractivity contribution < 1.29 is 28.5 Å². The summed E-state index contributed by atoms with van der Waals surface area (Å²) in [7, 11) is 4.94. The van der Waals surface area contributed by atoms with Crippen LogP contribution in [0.3, 0.4) is 0 Å². The fraction of sp³-hybridized carbons (Fsp3) is 0.704. The molecule has 1 aromatic carbocycles. The molecule has 1 aromatic rings. The van der Waals surface area contributed by atoms with E-state index >= 15 is 0 Å². The number of benzene rings is 1. The van der Waals surface area contributed by atoms with Crippen molar-refractivity contribution in [2.24, 2.45) is 5.92 Å². The summed E-state index contributed by atoms with van der Waals surface area (Å²) in [4.78, 5) is 23.9. The average molecular weight is 531 g/mol. The first-order chi connectivity index (χ1) is 17.0. The number of nitrogens with one attached hydrogen (secondary N) is 2. The SMILES string of the molecule is COCCCOc1cc(CCCCCC[C@@H](C)C(=O)NCCCC(=O)NCCOC)ccc1OC.Cl. The van der Waals surface area contributed by atoms with E-state index in [-0.39, 0.29) is 30.1 Å². The summed E-state index contributed by atoms with van der Waals surface area (Å²) in [5.41, 5.74) is 1.24. The lowest BCUT2D eigenvalue weighted by atomic mass is 10.00. The maximum absolute atomic E-state index is 12.2. The molecule has 0 saturated heterocycles. The van der Waals surface area contributed by atoms with Crippen LogP contribution in [0.25, 0.3) is 0 Å². The van der Waals surface area contributed by atoms with Gasteiger partial charge in [-0.2, -0.15) is 0 Å². The molecule has 2 N–H and O–H groups in total. The van der Waals surface area contributed by atoms with E-state index in [4.69, 9.17) is 18.9 Å². The van der Waals surface area contributed by atoms with E-state index in [2.05, 4.69) is 22.8 Å². The van der Waals surface area contributed by atoms with Gasteiger partial charge in [0.25, 0.3) is 0 Å². The van der Waals surface area contributed by atoms with E-state index in [1.807, 2.05) is 13.0 Å². The summed E-state index contributed by atoms with van der Waals surface area (Å²) in [6.45, 7) is 4.80. The summed E-state index contributed by atoms with van der Waals surface area (Å²) < 4.78 is 21.2. The van der Waals surface area contributed by atoms with Gasteiger partial charge in [0.05, 0.1) is 20.3 Å². The van der Waals surface area contributed by atoms with Crippen LogP contribution in [0.2, 0.25) is 0 Å². The molecule has 208 valence electrons. The molecule has 0 aliphatic rings. The van der Waals surface area contributed by atoms with Gasteiger partial charge in [-0.1, -0.05) is 32.3 Å². The van der Waals surface area contributed by atoms with Crippen molar-refractivity contribution in [2.45, 2.75) is 64.7 Å². The van der Waals surface area contributed by atoms with E-state index in [1.165, 1.54) is 5.56 Å². The van der Waals surface area contributed by atoms with Gasteiger partial charge in [0, 0.05) is 52.7 Å². The van der Waals surface area contributed by atoms with Crippen LogP contribution in [0.15, 0.2) is 18.2 Å². The first-order valence-electron chi connectivity index (χ1n) is 12.8. The molecule has 1 rings (SSSR count). The number of halogens is 1. The zero-order valence-electron chi connectivity index (χ0n) is 22.6. The van der Waals surface area contributed by atoms with Crippen molar-refractivity contribution in [1.82, 2.24) is 10.6 Å². The molecule has 0 aliphatic heterocycles. The highest BCUT2D eigenvalue weighted by Gasteiger charge is 2.12. The molecule has 1 atom stereocenters. The van der Waals surface area contributed by atoms with Gasteiger partial charge in [0.15, 0.2) is 11.5 Å². The Labute approximate surface area is 223 Å². The topological polar surface area (TPSA) is 95.1 Å². The van der Waals surface area contributed by atoms with Gasteiger partial charge in [-0.3, -0.25) is 9.59 Å². The van der Waals surface area contributed by atoms with Gasteiger partial charge < -0.3 is 29.6 Å². The molecular formula is C27H47ClN2O6. The monoisotopic (exact) mass is 530 g/mol. The van der Waals surface area contributed by atoms with Crippen molar-refractivity contribution in [2.75, 3.05) is 54.2 Å². The van der Waals surface area contributed by atoms with Crippen molar-refractivity contribution in [1.29, 1.82) is 0 Å². The van der Waals surface area contributed by atoms with Gasteiger partial charge in [0.1, 0.15) is 0 Å². The second-order valence-electron chi connectivity index (χ2n) is 8.77. The molecule has 2 amide bonds. The third-order valence-corrected chi connectivity index (χ3v) is 5.79. The van der Waals surface area contributed by atoms with E-state index < -0.39 is 0 Å². The Balaban J connectivity index is 0.0000122. The molecule has 0 spiro atoms. The number of hydrogen-bond acceptors (Lipinski definition) is 6. The van der Waals surface area contributed by atoms with E-state index in [9.17, 15) is 9.59 Å². The van der Waals surface area contributed by atoms with Gasteiger partial charge in [0.2, 0.25) is 11.8 Å². The van der Waals surface area contributed by atoms with Crippen LogP contribution in [0.4, 0.5) is 0 Å². The summed E-state index contributed by atoms with van der Waals surface area (Å²) in [5, 5.41) is 5.72. The lowest BCUT2D eigenvalue weighted by molar-refractivity contribution is -0.125. The molecule has 0 aromatic heterocycles. The number of amides is 2. The molecule has 0 heterocycles. The minimum Gasteiger partial charge on any atom is -0.493 e. The lowest BCUT2D eigenvalue weighted by Crippen LogP contribution is -2.31. The number of unbranched alkanes of at least 4 members (excludes halogenated alkanes) is 3. The van der Waals surface area contributed by atoms with Crippen molar-refractivity contribution >= 4 is 24.2 Å². The number of rotatable bonds is 21. The van der Waals surface area contributed by atoms with Crippen LogP contribution in [0.5, 0.6) is 11.5 Å². The minimum atomic E-state index is -0.00943. The smallest absolute Gasteiger partial charge is 0.222 e.